The van der Waals surface area contributed by atoms with E-state index >= 15 is 0 Å². The quantitative estimate of drug-likeness (QED) is 0.334. The summed E-state index contributed by atoms with van der Waals surface area (Å²) in [5, 5.41) is 10.7. The van der Waals surface area contributed by atoms with Crippen molar-refractivity contribution in [3.05, 3.63) is 90.0 Å². The van der Waals surface area contributed by atoms with E-state index in [1.165, 1.54) is 4.68 Å². The van der Waals surface area contributed by atoms with E-state index < -0.39 is 0 Å². The van der Waals surface area contributed by atoms with Gasteiger partial charge in [-0.2, -0.15) is 9.67 Å². The summed E-state index contributed by atoms with van der Waals surface area (Å²) in [6.07, 6.45) is 0. The fourth-order valence-corrected chi connectivity index (χ4v) is 3.33. The van der Waals surface area contributed by atoms with Crippen LogP contribution in [0, 0.1) is 0 Å². The van der Waals surface area contributed by atoms with Crippen LogP contribution >= 0.6 is 0 Å². The summed E-state index contributed by atoms with van der Waals surface area (Å²) in [5.74, 6) is 2.37. The van der Waals surface area contributed by atoms with Gasteiger partial charge < -0.3 is 24.8 Å². The summed E-state index contributed by atoms with van der Waals surface area (Å²) in [4.78, 5) is 17.4. The number of carbonyl (C=O) groups excluding carboxylic acids is 1. The molecule has 0 amide bonds. The maximum Gasteiger partial charge on any atom is 0.288 e. The largest absolute Gasteiger partial charge is 0.497 e. The number of para-hydroxylation sites is 1. The van der Waals surface area contributed by atoms with Crippen LogP contribution in [0.25, 0.3) is 0 Å². The first-order valence-electron chi connectivity index (χ1n) is 11.1. The smallest absolute Gasteiger partial charge is 0.288 e. The number of carbonyl (C=O) groups is 1. The lowest BCUT2D eigenvalue weighted by atomic mass is 10.2. The molecule has 4 aromatic rings. The monoisotopic (exact) mass is 473 g/mol. The predicted molar refractivity (Wildman–Crippen MR) is 133 cm³/mol. The Morgan fingerprint density at radius 3 is 2.03 bits per heavy atom. The van der Waals surface area contributed by atoms with Crippen LogP contribution in [-0.4, -0.2) is 41.5 Å². The zero-order valence-corrected chi connectivity index (χ0v) is 19.6. The third-order valence-corrected chi connectivity index (χ3v) is 5.12. The molecule has 2 N–H and O–H groups in total. The third kappa shape index (κ3) is 6.50. The molecule has 4 rings (SSSR count). The van der Waals surface area contributed by atoms with Crippen LogP contribution in [0.3, 0.4) is 0 Å². The standard InChI is InChI=1S/C26H27N5O4/c1-33-22-12-6-8-19(14-22)16-27-25-29-26(28-17-20-9-7-13-23(15-20)34-2)31(30-25)24(32)18-35-21-10-4-3-5-11-21/h3-15H,16-18H2,1-2H3,(H2,27,28,29,30). The van der Waals surface area contributed by atoms with Crippen molar-refractivity contribution >= 4 is 17.8 Å². The molecule has 9 heteroatoms. The number of hydrogen-bond donors (Lipinski definition) is 2. The Kier molecular flexibility index (Phi) is 7.80. The number of benzene rings is 3. The minimum atomic E-state index is -0.357. The lowest BCUT2D eigenvalue weighted by molar-refractivity contribution is 0.0824. The highest BCUT2D eigenvalue weighted by Gasteiger charge is 2.17. The number of anilines is 2. The van der Waals surface area contributed by atoms with Gasteiger partial charge in [0.25, 0.3) is 5.91 Å². The Morgan fingerprint density at radius 2 is 1.40 bits per heavy atom. The predicted octanol–water partition coefficient (Wildman–Crippen LogP) is 4.24. The summed E-state index contributed by atoms with van der Waals surface area (Å²) in [6.45, 7) is 0.708. The van der Waals surface area contributed by atoms with Crippen molar-refractivity contribution in [2.24, 2.45) is 0 Å². The molecule has 0 fully saturated rings. The number of nitrogens with one attached hydrogen (secondary N) is 2. The van der Waals surface area contributed by atoms with E-state index in [1.807, 2.05) is 66.7 Å². The molecule has 0 unspecified atom stereocenters. The molecular weight excluding hydrogens is 446 g/mol. The van der Waals surface area contributed by atoms with Gasteiger partial charge in [-0.05, 0) is 47.5 Å². The van der Waals surface area contributed by atoms with Gasteiger partial charge in [0.1, 0.15) is 17.2 Å². The molecule has 9 nitrogen and oxygen atoms in total. The van der Waals surface area contributed by atoms with Crippen molar-refractivity contribution < 1.29 is 19.0 Å². The molecule has 0 atom stereocenters. The van der Waals surface area contributed by atoms with E-state index in [1.54, 1.807) is 26.4 Å². The number of hydrogen-bond acceptors (Lipinski definition) is 8. The molecule has 3 aromatic carbocycles. The van der Waals surface area contributed by atoms with Crippen LogP contribution in [-0.2, 0) is 13.1 Å². The number of aromatic nitrogens is 3. The molecule has 0 saturated heterocycles. The molecule has 180 valence electrons. The molecule has 0 saturated carbocycles. The van der Waals surface area contributed by atoms with Crippen LogP contribution in [0.4, 0.5) is 11.9 Å². The van der Waals surface area contributed by atoms with Gasteiger partial charge in [-0.25, -0.2) is 0 Å². The summed E-state index contributed by atoms with van der Waals surface area (Å²) < 4.78 is 17.4. The normalized spacial score (nSPS) is 10.5. The fourth-order valence-electron chi connectivity index (χ4n) is 3.33. The first-order valence-corrected chi connectivity index (χ1v) is 11.1. The molecule has 1 aromatic heterocycles. The maximum absolute atomic E-state index is 13.0. The van der Waals surface area contributed by atoms with Gasteiger partial charge in [0.05, 0.1) is 14.2 Å². The molecule has 0 radical (unpaired) electrons. The second-order valence-electron chi connectivity index (χ2n) is 7.58. The van der Waals surface area contributed by atoms with Crippen molar-refractivity contribution in [3.8, 4) is 17.2 Å². The summed E-state index contributed by atoms with van der Waals surface area (Å²) in [5.41, 5.74) is 1.96. The number of methoxy groups -OCH3 is 2. The Balaban J connectivity index is 1.49. The zero-order valence-electron chi connectivity index (χ0n) is 19.6. The van der Waals surface area contributed by atoms with Crippen LogP contribution < -0.4 is 24.8 Å². The zero-order chi connectivity index (χ0) is 24.5. The van der Waals surface area contributed by atoms with Crippen molar-refractivity contribution in [2.75, 3.05) is 31.5 Å². The molecule has 0 spiro atoms. The van der Waals surface area contributed by atoms with Crippen LogP contribution in [0.5, 0.6) is 17.2 Å². The highest BCUT2D eigenvalue weighted by molar-refractivity contribution is 5.82. The summed E-state index contributed by atoms with van der Waals surface area (Å²) in [6, 6.07) is 24.5. The molecule has 1 heterocycles. The van der Waals surface area contributed by atoms with Crippen molar-refractivity contribution in [2.45, 2.75) is 13.1 Å². The van der Waals surface area contributed by atoms with Crippen LogP contribution in [0.1, 0.15) is 15.9 Å². The third-order valence-electron chi connectivity index (χ3n) is 5.12. The number of nitrogens with zero attached hydrogens (tertiary/aromatic N) is 3. The van der Waals surface area contributed by atoms with E-state index in [4.69, 9.17) is 14.2 Å². The number of ether oxygens (including phenoxy) is 3. The molecule has 0 aliphatic carbocycles. The van der Waals surface area contributed by atoms with Gasteiger partial charge in [-0.1, -0.05) is 42.5 Å². The van der Waals surface area contributed by atoms with Gasteiger partial charge in [-0.3, -0.25) is 4.79 Å². The average Bonchev–Trinajstić information content (AvgIpc) is 3.33. The fraction of sp³-hybridized carbons (Fsp3) is 0.192. The highest BCUT2D eigenvalue weighted by atomic mass is 16.5. The first-order chi connectivity index (χ1) is 17.1. The van der Waals surface area contributed by atoms with Gasteiger partial charge in [0, 0.05) is 13.1 Å². The minimum absolute atomic E-state index is 0.184. The second kappa shape index (κ2) is 11.6. The molecule has 0 aliphatic rings. The van der Waals surface area contributed by atoms with Crippen molar-refractivity contribution in [1.29, 1.82) is 0 Å². The second-order valence-corrected chi connectivity index (χ2v) is 7.58. The van der Waals surface area contributed by atoms with Gasteiger partial charge in [0.15, 0.2) is 6.61 Å². The molecular formula is C26H27N5O4. The summed E-state index contributed by atoms with van der Waals surface area (Å²) >= 11 is 0. The van der Waals surface area contributed by atoms with Gasteiger partial charge in [0.2, 0.25) is 11.9 Å². The van der Waals surface area contributed by atoms with E-state index in [-0.39, 0.29) is 12.5 Å². The lowest BCUT2D eigenvalue weighted by Gasteiger charge is -2.09. The Labute approximate surface area is 203 Å². The topological polar surface area (TPSA) is 99.5 Å². The van der Waals surface area contributed by atoms with Crippen molar-refractivity contribution in [1.82, 2.24) is 14.8 Å². The molecule has 35 heavy (non-hydrogen) atoms. The van der Waals surface area contributed by atoms with E-state index in [9.17, 15) is 4.79 Å². The Bertz CT molecular complexity index is 1260. The lowest BCUT2D eigenvalue weighted by Crippen LogP contribution is -2.22. The minimum Gasteiger partial charge on any atom is -0.497 e. The van der Waals surface area contributed by atoms with E-state index in [0.29, 0.717) is 30.7 Å². The van der Waals surface area contributed by atoms with Crippen molar-refractivity contribution in [3.63, 3.8) is 0 Å². The van der Waals surface area contributed by atoms with Crippen LogP contribution in [0.2, 0.25) is 0 Å². The SMILES string of the molecule is COc1cccc(CNc2nc(NCc3cccc(OC)c3)n(C(=O)COc3ccccc3)n2)c1. The summed E-state index contributed by atoms with van der Waals surface area (Å²) in [7, 11) is 3.24. The number of rotatable bonds is 11. The van der Waals surface area contributed by atoms with E-state index in [2.05, 4.69) is 20.7 Å². The Morgan fingerprint density at radius 1 is 0.800 bits per heavy atom. The van der Waals surface area contributed by atoms with Gasteiger partial charge in [-0.15, -0.1) is 5.10 Å². The molecule has 0 bridgehead atoms. The van der Waals surface area contributed by atoms with E-state index in [0.717, 1.165) is 22.6 Å². The van der Waals surface area contributed by atoms with Gasteiger partial charge >= 0.3 is 0 Å². The first kappa shape index (κ1) is 23.6. The molecule has 0 aliphatic heterocycles. The highest BCUT2D eigenvalue weighted by Crippen LogP contribution is 2.17. The van der Waals surface area contributed by atoms with Crippen LogP contribution in [0.15, 0.2) is 78.9 Å². The maximum atomic E-state index is 13.0. The average molecular weight is 474 g/mol. The Hall–Kier alpha value is -4.53.